The van der Waals surface area contributed by atoms with Crippen molar-refractivity contribution in [2.45, 2.75) is 32.2 Å². The molecule has 0 radical (unpaired) electrons. The average Bonchev–Trinajstić information content (AvgIpc) is 3.00. The molecule has 2 amide bonds. The molecule has 0 saturated carbocycles. The van der Waals surface area contributed by atoms with Gasteiger partial charge in [0.2, 0.25) is 0 Å². The van der Waals surface area contributed by atoms with Crippen LogP contribution in [0.4, 0.5) is 4.79 Å². The summed E-state index contributed by atoms with van der Waals surface area (Å²) in [5.74, 6) is -1.24. The molecule has 0 aromatic carbocycles. The summed E-state index contributed by atoms with van der Waals surface area (Å²) in [5, 5.41) is 11.9. The van der Waals surface area contributed by atoms with Crippen LogP contribution in [0.3, 0.4) is 0 Å². The van der Waals surface area contributed by atoms with Gasteiger partial charge in [-0.1, -0.05) is 0 Å². The number of aromatic nitrogens is 2. The lowest BCUT2D eigenvalue weighted by atomic mass is 9.99. The van der Waals surface area contributed by atoms with Gasteiger partial charge in [-0.3, -0.25) is 4.79 Å². The number of hydrogen-bond donors (Lipinski definition) is 2. The van der Waals surface area contributed by atoms with Crippen LogP contribution in [0.15, 0.2) is 18.7 Å². The Morgan fingerprint density at radius 2 is 2.24 bits per heavy atom. The molecular formula is C14H22N4O3. The minimum atomic E-state index is -0.812. The summed E-state index contributed by atoms with van der Waals surface area (Å²) in [4.78, 5) is 28.5. The number of carboxylic acids is 1. The number of piperidine rings is 1. The molecule has 2 heterocycles. The van der Waals surface area contributed by atoms with E-state index in [0.29, 0.717) is 26.1 Å². The van der Waals surface area contributed by atoms with Crippen LogP contribution in [0.5, 0.6) is 0 Å². The maximum atomic E-state index is 12.0. The number of imidazole rings is 1. The first-order valence-corrected chi connectivity index (χ1v) is 7.38. The van der Waals surface area contributed by atoms with Crippen molar-refractivity contribution < 1.29 is 14.7 Å². The Kier molecular flexibility index (Phi) is 5.59. The number of hydrogen-bond acceptors (Lipinski definition) is 3. The number of carbonyl (C=O) groups excluding carboxylic acids is 1. The van der Waals surface area contributed by atoms with E-state index in [2.05, 4.69) is 10.3 Å². The number of nitrogens with one attached hydrogen (secondary N) is 1. The molecule has 0 spiro atoms. The maximum absolute atomic E-state index is 12.0. The van der Waals surface area contributed by atoms with E-state index in [1.165, 1.54) is 0 Å². The summed E-state index contributed by atoms with van der Waals surface area (Å²) in [6.45, 7) is 2.46. The van der Waals surface area contributed by atoms with Crippen LogP contribution in [0.25, 0.3) is 0 Å². The number of likely N-dealkylation sites (tertiary alicyclic amines) is 1. The van der Waals surface area contributed by atoms with Gasteiger partial charge in [-0.15, -0.1) is 0 Å². The average molecular weight is 294 g/mol. The lowest BCUT2D eigenvalue weighted by Gasteiger charge is -2.30. The SMILES string of the molecule is O=C(O)[C@@H]1CCCN(C(=O)NCCCCn2ccnc2)C1. The highest BCUT2D eigenvalue weighted by atomic mass is 16.4. The normalized spacial score (nSPS) is 18.5. The maximum Gasteiger partial charge on any atom is 0.317 e. The van der Waals surface area contributed by atoms with Crippen molar-refractivity contribution in [1.82, 2.24) is 19.8 Å². The van der Waals surface area contributed by atoms with E-state index < -0.39 is 11.9 Å². The Hall–Kier alpha value is -2.05. The second-order valence-electron chi connectivity index (χ2n) is 5.36. The Morgan fingerprint density at radius 1 is 1.38 bits per heavy atom. The minimum Gasteiger partial charge on any atom is -0.481 e. The molecule has 2 N–H and O–H groups in total. The fourth-order valence-electron chi connectivity index (χ4n) is 2.51. The van der Waals surface area contributed by atoms with E-state index in [1.54, 1.807) is 17.4 Å². The van der Waals surface area contributed by atoms with Crippen molar-refractivity contribution in [3.63, 3.8) is 0 Å². The minimum absolute atomic E-state index is 0.149. The fourth-order valence-corrected chi connectivity index (χ4v) is 2.51. The highest BCUT2D eigenvalue weighted by Gasteiger charge is 2.27. The Labute approximate surface area is 124 Å². The number of nitrogens with zero attached hydrogens (tertiary/aromatic N) is 3. The topological polar surface area (TPSA) is 87.5 Å². The Morgan fingerprint density at radius 3 is 2.95 bits per heavy atom. The molecule has 1 aromatic rings. The van der Waals surface area contributed by atoms with Crippen LogP contribution in [0.2, 0.25) is 0 Å². The number of carbonyl (C=O) groups is 2. The molecule has 0 aliphatic carbocycles. The van der Waals surface area contributed by atoms with Crippen LogP contribution in [0, 0.1) is 5.92 Å². The van der Waals surface area contributed by atoms with Crippen LogP contribution in [0.1, 0.15) is 25.7 Å². The third-order valence-electron chi connectivity index (χ3n) is 3.74. The molecule has 2 rings (SSSR count). The quantitative estimate of drug-likeness (QED) is 0.771. The van der Waals surface area contributed by atoms with Gasteiger partial charge in [0.15, 0.2) is 0 Å². The first-order chi connectivity index (χ1) is 10.2. The van der Waals surface area contributed by atoms with Crippen LogP contribution in [-0.2, 0) is 11.3 Å². The Balaban J connectivity index is 1.61. The molecule has 116 valence electrons. The van der Waals surface area contributed by atoms with Crippen molar-refractivity contribution in [1.29, 1.82) is 0 Å². The van der Waals surface area contributed by atoms with Crippen molar-refractivity contribution in [3.8, 4) is 0 Å². The smallest absolute Gasteiger partial charge is 0.317 e. The molecule has 1 fully saturated rings. The van der Waals surface area contributed by atoms with Crippen LogP contribution >= 0.6 is 0 Å². The number of urea groups is 1. The number of unbranched alkanes of at least 4 members (excludes halogenated alkanes) is 1. The van der Waals surface area contributed by atoms with Crippen molar-refractivity contribution in [3.05, 3.63) is 18.7 Å². The molecule has 1 atom stereocenters. The molecule has 0 bridgehead atoms. The second kappa shape index (κ2) is 7.66. The lowest BCUT2D eigenvalue weighted by Crippen LogP contribution is -2.47. The van der Waals surface area contributed by atoms with E-state index in [-0.39, 0.29) is 6.03 Å². The highest BCUT2D eigenvalue weighted by Crippen LogP contribution is 2.16. The van der Waals surface area contributed by atoms with E-state index >= 15 is 0 Å². The zero-order valence-electron chi connectivity index (χ0n) is 12.1. The van der Waals surface area contributed by atoms with Gasteiger partial charge in [-0.25, -0.2) is 9.78 Å². The number of amides is 2. The molecule has 1 aliphatic rings. The molecular weight excluding hydrogens is 272 g/mol. The molecule has 1 saturated heterocycles. The van der Waals surface area contributed by atoms with Crippen LogP contribution < -0.4 is 5.32 Å². The number of rotatable bonds is 6. The summed E-state index contributed by atoms with van der Waals surface area (Å²) in [7, 11) is 0. The molecule has 21 heavy (non-hydrogen) atoms. The summed E-state index contributed by atoms with van der Waals surface area (Å²) in [6, 6.07) is -0.149. The predicted octanol–water partition coefficient (Wildman–Crippen LogP) is 1.17. The third kappa shape index (κ3) is 4.77. The highest BCUT2D eigenvalue weighted by molar-refractivity contribution is 5.76. The van der Waals surface area contributed by atoms with Gasteiger partial charge in [0.1, 0.15) is 0 Å². The molecule has 1 aliphatic heterocycles. The first-order valence-electron chi connectivity index (χ1n) is 7.38. The zero-order valence-corrected chi connectivity index (χ0v) is 12.1. The summed E-state index contributed by atoms with van der Waals surface area (Å²) < 4.78 is 2.00. The second-order valence-corrected chi connectivity index (χ2v) is 5.36. The molecule has 0 unspecified atom stereocenters. The van der Waals surface area contributed by atoms with E-state index in [9.17, 15) is 9.59 Å². The summed E-state index contributed by atoms with van der Waals surface area (Å²) in [6.07, 6.45) is 8.71. The van der Waals surface area contributed by atoms with Crippen molar-refractivity contribution in [2.24, 2.45) is 5.92 Å². The van der Waals surface area contributed by atoms with Gasteiger partial charge in [0, 0.05) is 38.6 Å². The van der Waals surface area contributed by atoms with Gasteiger partial charge < -0.3 is 19.9 Å². The Bertz CT molecular complexity index is 461. The molecule has 7 heteroatoms. The van der Waals surface area contributed by atoms with E-state index in [1.807, 2.05) is 10.8 Å². The van der Waals surface area contributed by atoms with Gasteiger partial charge >= 0.3 is 12.0 Å². The van der Waals surface area contributed by atoms with Gasteiger partial charge in [0.25, 0.3) is 0 Å². The van der Waals surface area contributed by atoms with E-state index in [4.69, 9.17) is 5.11 Å². The molecule has 1 aromatic heterocycles. The third-order valence-corrected chi connectivity index (χ3v) is 3.74. The van der Waals surface area contributed by atoms with Gasteiger partial charge in [0.05, 0.1) is 12.2 Å². The lowest BCUT2D eigenvalue weighted by molar-refractivity contribution is -0.143. The number of aliphatic carboxylic acids is 1. The first kappa shape index (κ1) is 15.3. The zero-order chi connectivity index (χ0) is 15.1. The summed E-state index contributed by atoms with van der Waals surface area (Å²) in [5.41, 5.74) is 0. The van der Waals surface area contributed by atoms with Gasteiger partial charge in [-0.2, -0.15) is 0 Å². The summed E-state index contributed by atoms with van der Waals surface area (Å²) >= 11 is 0. The van der Waals surface area contributed by atoms with E-state index in [0.717, 1.165) is 25.8 Å². The monoisotopic (exact) mass is 294 g/mol. The largest absolute Gasteiger partial charge is 0.481 e. The standard InChI is InChI=1S/C14H22N4O3/c19-13(20)12-4-3-8-18(10-12)14(21)16-5-1-2-7-17-9-6-15-11-17/h6,9,11-12H,1-5,7-8,10H2,(H,16,21)(H,19,20)/t12-/m1/s1. The van der Waals surface area contributed by atoms with Gasteiger partial charge in [-0.05, 0) is 25.7 Å². The molecule has 7 nitrogen and oxygen atoms in total. The van der Waals surface area contributed by atoms with Crippen molar-refractivity contribution in [2.75, 3.05) is 19.6 Å². The van der Waals surface area contributed by atoms with Crippen molar-refractivity contribution >= 4 is 12.0 Å². The van der Waals surface area contributed by atoms with Crippen LogP contribution in [-0.4, -0.2) is 51.2 Å². The number of carboxylic acid groups (broad SMARTS) is 1. The predicted molar refractivity (Wildman–Crippen MR) is 76.8 cm³/mol. The fraction of sp³-hybridized carbons (Fsp3) is 0.643. The number of aryl methyl sites for hydroxylation is 1.